The van der Waals surface area contributed by atoms with Gasteiger partial charge in [0.15, 0.2) is 11.5 Å². The van der Waals surface area contributed by atoms with Crippen LogP contribution in [0.2, 0.25) is 0 Å². The third-order valence-corrected chi connectivity index (χ3v) is 4.13. The minimum Gasteiger partial charge on any atom is -0.504 e. The lowest BCUT2D eigenvalue weighted by atomic mass is 9.88. The summed E-state index contributed by atoms with van der Waals surface area (Å²) < 4.78 is 5.85. The summed E-state index contributed by atoms with van der Waals surface area (Å²) >= 11 is 3.42. The summed E-state index contributed by atoms with van der Waals surface area (Å²) in [6.07, 6.45) is 5.08. The molecule has 4 nitrogen and oxygen atoms in total. The number of hydrogen-bond acceptors (Lipinski definition) is 4. The molecule has 2 rings (SSSR count). The van der Waals surface area contributed by atoms with E-state index in [1.807, 2.05) is 0 Å². The molecule has 0 spiro atoms. The Morgan fingerprint density at radius 1 is 1.44 bits per heavy atom. The lowest BCUT2D eigenvalue weighted by Crippen LogP contribution is -2.20. The fourth-order valence-corrected chi connectivity index (χ4v) is 3.31. The Kier molecular flexibility index (Phi) is 3.73. The third-order valence-electron chi connectivity index (χ3n) is 3.47. The number of benzene rings is 1. The normalized spacial score (nSPS) is 17.2. The number of nitrogens with zero attached hydrogens (tertiary/aromatic N) is 1. The van der Waals surface area contributed by atoms with E-state index in [0.717, 1.165) is 30.2 Å². The highest BCUT2D eigenvalue weighted by Gasteiger charge is 2.40. The third kappa shape index (κ3) is 2.04. The lowest BCUT2D eigenvalue weighted by Gasteiger charge is -2.25. The van der Waals surface area contributed by atoms with Crippen molar-refractivity contribution in [3.63, 3.8) is 0 Å². The van der Waals surface area contributed by atoms with Crippen molar-refractivity contribution in [2.45, 2.75) is 31.2 Å². The number of aromatic hydroxyl groups is 1. The van der Waals surface area contributed by atoms with E-state index >= 15 is 0 Å². The van der Waals surface area contributed by atoms with E-state index in [1.165, 1.54) is 7.11 Å². The molecule has 1 aliphatic rings. The van der Waals surface area contributed by atoms with E-state index in [0.29, 0.717) is 11.3 Å². The molecule has 1 fully saturated rings. The van der Waals surface area contributed by atoms with Gasteiger partial charge in [-0.05, 0) is 25.0 Å². The highest BCUT2D eigenvalue weighted by Crippen LogP contribution is 2.50. The zero-order valence-electron chi connectivity index (χ0n) is 10.1. The first-order valence-corrected chi connectivity index (χ1v) is 6.59. The number of carbonyl (C=O) groups excluding carboxylic acids is 1. The van der Waals surface area contributed by atoms with Crippen molar-refractivity contribution in [3.05, 3.63) is 22.2 Å². The molecule has 1 aliphatic carbocycles. The monoisotopic (exact) mass is 311 g/mol. The number of phenolic OH excluding ortho intramolecular Hbond substituents is 1. The predicted molar refractivity (Wildman–Crippen MR) is 70.6 cm³/mol. The van der Waals surface area contributed by atoms with E-state index in [4.69, 9.17) is 4.74 Å². The van der Waals surface area contributed by atoms with E-state index in [-0.39, 0.29) is 5.75 Å². The average molecular weight is 312 g/mol. The topological polar surface area (TPSA) is 58.9 Å². The average Bonchev–Trinajstić information content (AvgIpc) is 2.79. The Hall–Kier alpha value is -1.32. The van der Waals surface area contributed by atoms with Crippen molar-refractivity contribution in [3.8, 4) is 11.5 Å². The van der Waals surface area contributed by atoms with Crippen LogP contribution in [0.1, 0.15) is 31.2 Å². The molecule has 0 aromatic heterocycles. The van der Waals surface area contributed by atoms with Crippen LogP contribution < -0.4 is 4.74 Å². The second kappa shape index (κ2) is 5.12. The first-order valence-electron chi connectivity index (χ1n) is 5.79. The van der Waals surface area contributed by atoms with Gasteiger partial charge in [-0.25, -0.2) is 4.79 Å². The van der Waals surface area contributed by atoms with Gasteiger partial charge in [0.2, 0.25) is 6.08 Å². The smallest absolute Gasteiger partial charge is 0.235 e. The number of methoxy groups -OCH3 is 1. The molecule has 0 unspecified atom stereocenters. The molecule has 0 aliphatic heterocycles. The molecule has 1 N–H and O–H groups in total. The second-order valence-electron chi connectivity index (χ2n) is 4.42. The van der Waals surface area contributed by atoms with Crippen molar-refractivity contribution in [1.82, 2.24) is 0 Å². The first-order chi connectivity index (χ1) is 8.64. The number of phenols is 1. The molecule has 0 atom stereocenters. The minimum absolute atomic E-state index is 0.0489. The molecule has 5 heteroatoms. The minimum atomic E-state index is -0.667. The van der Waals surface area contributed by atoms with E-state index < -0.39 is 5.54 Å². The summed E-state index contributed by atoms with van der Waals surface area (Å²) in [5, 5.41) is 10.3. The summed E-state index contributed by atoms with van der Waals surface area (Å²) in [7, 11) is 1.50. The van der Waals surface area contributed by atoms with Gasteiger partial charge in [0.1, 0.15) is 5.54 Å². The number of rotatable bonds is 3. The number of aliphatic imine (C=N–C) groups is 1. The van der Waals surface area contributed by atoms with Crippen LogP contribution in [0.25, 0.3) is 0 Å². The molecular weight excluding hydrogens is 298 g/mol. The van der Waals surface area contributed by atoms with Gasteiger partial charge in [0, 0.05) is 10.0 Å². The van der Waals surface area contributed by atoms with Crippen LogP contribution in [0.3, 0.4) is 0 Å². The molecule has 0 saturated heterocycles. The van der Waals surface area contributed by atoms with Crippen LogP contribution in [0.5, 0.6) is 11.5 Å². The zero-order valence-corrected chi connectivity index (χ0v) is 11.7. The summed E-state index contributed by atoms with van der Waals surface area (Å²) in [4.78, 5) is 14.7. The molecular formula is C13H14BrNO3. The largest absolute Gasteiger partial charge is 0.504 e. The van der Waals surface area contributed by atoms with Crippen LogP contribution in [0.4, 0.5) is 0 Å². The Morgan fingerprint density at radius 3 is 2.67 bits per heavy atom. The fourth-order valence-electron chi connectivity index (χ4n) is 2.62. The van der Waals surface area contributed by atoms with Crippen LogP contribution in [0, 0.1) is 0 Å². The molecule has 0 amide bonds. The van der Waals surface area contributed by atoms with Gasteiger partial charge in [-0.1, -0.05) is 28.8 Å². The molecule has 96 valence electrons. The molecule has 1 aromatic rings. The highest BCUT2D eigenvalue weighted by atomic mass is 79.9. The standard InChI is InChI=1S/C13H14BrNO3/c1-18-10-5-4-9(14)11(12(10)17)13(15-8-16)6-2-3-7-13/h4-5,17H,2-3,6-7H2,1H3. The first kappa shape index (κ1) is 13.1. The van der Waals surface area contributed by atoms with Gasteiger partial charge in [0.05, 0.1) is 7.11 Å². The van der Waals surface area contributed by atoms with E-state index in [1.54, 1.807) is 18.2 Å². The van der Waals surface area contributed by atoms with Gasteiger partial charge in [-0.2, -0.15) is 4.99 Å². The van der Waals surface area contributed by atoms with Gasteiger partial charge in [-0.3, -0.25) is 0 Å². The van der Waals surface area contributed by atoms with Gasteiger partial charge in [-0.15, -0.1) is 0 Å². The summed E-state index contributed by atoms with van der Waals surface area (Å²) in [6.45, 7) is 0. The molecule has 0 radical (unpaired) electrons. The fraction of sp³-hybridized carbons (Fsp3) is 0.462. The summed E-state index contributed by atoms with van der Waals surface area (Å²) in [5.41, 5.74) is -0.0400. The Bertz CT molecular complexity index is 503. The molecule has 18 heavy (non-hydrogen) atoms. The number of hydrogen-bond donors (Lipinski definition) is 1. The quantitative estimate of drug-likeness (QED) is 0.688. The highest BCUT2D eigenvalue weighted by molar-refractivity contribution is 9.10. The molecule has 1 aromatic carbocycles. The van der Waals surface area contributed by atoms with Gasteiger partial charge in [0.25, 0.3) is 0 Å². The Labute approximate surface area is 114 Å². The maximum absolute atomic E-state index is 10.7. The van der Waals surface area contributed by atoms with Gasteiger partial charge >= 0.3 is 0 Å². The van der Waals surface area contributed by atoms with Crippen LogP contribution in [-0.2, 0) is 10.3 Å². The molecule has 0 bridgehead atoms. The second-order valence-corrected chi connectivity index (χ2v) is 5.27. The SMILES string of the molecule is COc1ccc(Br)c(C2(N=C=O)CCCC2)c1O. The Morgan fingerprint density at radius 2 is 2.11 bits per heavy atom. The lowest BCUT2D eigenvalue weighted by molar-refractivity contribution is 0.354. The van der Waals surface area contributed by atoms with E-state index in [2.05, 4.69) is 20.9 Å². The van der Waals surface area contributed by atoms with E-state index in [9.17, 15) is 9.90 Å². The maximum atomic E-state index is 10.7. The van der Waals surface area contributed by atoms with Crippen LogP contribution >= 0.6 is 15.9 Å². The number of ether oxygens (including phenoxy) is 1. The molecule has 1 saturated carbocycles. The predicted octanol–water partition coefficient (Wildman–Crippen LogP) is 3.27. The number of halogens is 1. The maximum Gasteiger partial charge on any atom is 0.235 e. The van der Waals surface area contributed by atoms with Crippen LogP contribution in [-0.4, -0.2) is 18.3 Å². The van der Waals surface area contributed by atoms with Crippen molar-refractivity contribution in [2.75, 3.05) is 7.11 Å². The van der Waals surface area contributed by atoms with Crippen molar-refractivity contribution < 1.29 is 14.6 Å². The van der Waals surface area contributed by atoms with Gasteiger partial charge < -0.3 is 9.84 Å². The zero-order chi connectivity index (χ0) is 13.2. The van der Waals surface area contributed by atoms with Crippen molar-refractivity contribution in [2.24, 2.45) is 4.99 Å². The summed E-state index contributed by atoms with van der Waals surface area (Å²) in [6, 6.07) is 3.48. The van der Waals surface area contributed by atoms with Crippen molar-refractivity contribution in [1.29, 1.82) is 0 Å². The number of isocyanates is 1. The van der Waals surface area contributed by atoms with Crippen LogP contribution in [0.15, 0.2) is 21.6 Å². The van der Waals surface area contributed by atoms with Crippen molar-refractivity contribution >= 4 is 22.0 Å². The summed E-state index contributed by atoms with van der Waals surface area (Å²) in [5.74, 6) is 0.438. The Balaban J connectivity index is 2.64. The molecule has 0 heterocycles.